The van der Waals surface area contributed by atoms with Gasteiger partial charge in [0, 0.05) is 17.5 Å². The maximum atomic E-state index is 14.9. The summed E-state index contributed by atoms with van der Waals surface area (Å²) in [6.45, 7) is 2.02. The molecule has 2 saturated heterocycles. The molecule has 2 aliphatic heterocycles. The van der Waals surface area contributed by atoms with Crippen molar-refractivity contribution < 1.29 is 28.7 Å². The number of benzene rings is 3. The molecule has 4 amide bonds. The number of carbonyl (C=O) groups excluding carboxylic acids is 4. The molecule has 7 rings (SSSR count). The second kappa shape index (κ2) is 10.3. The molecule has 6 atom stereocenters. The van der Waals surface area contributed by atoms with Gasteiger partial charge in [-0.25, -0.2) is 4.39 Å². The van der Waals surface area contributed by atoms with Gasteiger partial charge >= 0.3 is 0 Å². The standard InChI is InChI=1S/C34H29ClFN3O5/c1-2-38-30(41)25-15-14-24-26(28(25)32(38)43)17-27-31(42)39(37-22-12-10-21(36)11-13-22)33(44)34(27,19-6-8-20(35)9-7-19)29(24)18-4-3-5-23(40)16-18/h3-14,16,25-29,37,40H,2,15,17H2,1H3/t25-,26+,27-,28-,29-,34+/m0/s1. The molecule has 8 nitrogen and oxygen atoms in total. The number of imide groups is 2. The first-order chi connectivity index (χ1) is 21.2. The van der Waals surface area contributed by atoms with Crippen molar-refractivity contribution in [3.05, 3.63) is 106 Å². The predicted molar refractivity (Wildman–Crippen MR) is 160 cm³/mol. The van der Waals surface area contributed by atoms with Gasteiger partial charge in [-0.15, -0.1) is 0 Å². The van der Waals surface area contributed by atoms with E-state index in [0.717, 1.165) is 10.6 Å². The molecule has 0 bridgehead atoms. The molecule has 2 N–H and O–H groups in total. The highest BCUT2D eigenvalue weighted by atomic mass is 35.5. The van der Waals surface area contributed by atoms with Gasteiger partial charge in [-0.05, 0) is 85.3 Å². The van der Waals surface area contributed by atoms with Crippen LogP contribution < -0.4 is 5.43 Å². The zero-order chi connectivity index (χ0) is 30.9. The third kappa shape index (κ3) is 3.95. The van der Waals surface area contributed by atoms with Crippen LogP contribution in [0.2, 0.25) is 5.02 Å². The minimum Gasteiger partial charge on any atom is -0.508 e. The number of hydrogen-bond donors (Lipinski definition) is 2. The number of nitrogens with one attached hydrogen (secondary N) is 1. The van der Waals surface area contributed by atoms with Crippen LogP contribution in [0.15, 0.2) is 84.4 Å². The molecular weight excluding hydrogens is 585 g/mol. The summed E-state index contributed by atoms with van der Waals surface area (Å²) < 4.78 is 13.7. The van der Waals surface area contributed by atoms with Crippen molar-refractivity contribution in [2.24, 2.45) is 23.7 Å². The van der Waals surface area contributed by atoms with Gasteiger partial charge in [-0.2, -0.15) is 5.01 Å². The van der Waals surface area contributed by atoms with Crippen LogP contribution in [0.4, 0.5) is 10.1 Å². The minimum atomic E-state index is -1.48. The second-order valence-electron chi connectivity index (χ2n) is 11.9. The van der Waals surface area contributed by atoms with E-state index in [-0.39, 0.29) is 30.5 Å². The van der Waals surface area contributed by atoms with E-state index >= 15 is 0 Å². The summed E-state index contributed by atoms with van der Waals surface area (Å²) in [5.74, 6) is -5.33. The van der Waals surface area contributed by atoms with Crippen molar-refractivity contribution in [1.82, 2.24) is 9.91 Å². The lowest BCUT2D eigenvalue weighted by Gasteiger charge is -2.50. The number of carbonyl (C=O) groups is 4. The Labute approximate surface area is 258 Å². The molecule has 0 spiro atoms. The minimum absolute atomic E-state index is 0.0101. The molecule has 3 aromatic rings. The van der Waals surface area contributed by atoms with Crippen LogP contribution >= 0.6 is 11.6 Å². The van der Waals surface area contributed by atoms with E-state index in [4.69, 9.17) is 11.6 Å². The van der Waals surface area contributed by atoms with E-state index in [1.165, 1.54) is 35.2 Å². The molecule has 1 saturated carbocycles. The largest absolute Gasteiger partial charge is 0.508 e. The summed E-state index contributed by atoms with van der Waals surface area (Å²) in [6.07, 6.45) is 2.45. The topological polar surface area (TPSA) is 107 Å². The van der Waals surface area contributed by atoms with Gasteiger partial charge in [0.25, 0.3) is 11.8 Å². The van der Waals surface area contributed by atoms with E-state index in [9.17, 15) is 28.7 Å². The maximum absolute atomic E-state index is 14.9. The molecule has 3 fully saturated rings. The van der Waals surface area contributed by atoms with E-state index < -0.39 is 52.6 Å². The van der Waals surface area contributed by atoms with Crippen LogP contribution in [0.3, 0.4) is 0 Å². The normalized spacial score (nSPS) is 29.3. The molecule has 3 aromatic carbocycles. The van der Waals surface area contributed by atoms with Gasteiger partial charge in [-0.3, -0.25) is 29.5 Å². The van der Waals surface area contributed by atoms with Crippen molar-refractivity contribution in [3.8, 4) is 5.75 Å². The molecule has 0 aromatic heterocycles. The summed E-state index contributed by atoms with van der Waals surface area (Å²) >= 11 is 6.28. The Balaban J connectivity index is 1.46. The Morgan fingerprint density at radius 3 is 2.36 bits per heavy atom. The third-order valence-electron chi connectivity index (χ3n) is 9.87. The number of allylic oxidation sites excluding steroid dienone is 2. The van der Waals surface area contributed by atoms with Gasteiger partial charge in [0.2, 0.25) is 11.8 Å². The molecule has 224 valence electrons. The SMILES string of the molecule is CCN1C(=O)[C@H]2[C@H](CC=C3[C@H]2C[C@H]2C(=O)N(Nc4ccc(F)cc4)C(=O)[C@@]2(c2ccc(Cl)cc2)[C@H]3c2cccc(O)c2)C1=O. The number of phenolic OH excluding ortho intramolecular Hbond substituents is 1. The van der Waals surface area contributed by atoms with Gasteiger partial charge in [0.15, 0.2) is 0 Å². The first-order valence-corrected chi connectivity index (χ1v) is 15.0. The fourth-order valence-electron chi connectivity index (χ4n) is 8.11. The van der Waals surface area contributed by atoms with Crippen molar-refractivity contribution in [2.45, 2.75) is 31.1 Å². The molecule has 0 radical (unpaired) electrons. The van der Waals surface area contributed by atoms with Crippen LogP contribution in [0, 0.1) is 29.5 Å². The number of hydrazine groups is 1. The summed E-state index contributed by atoms with van der Waals surface area (Å²) in [7, 11) is 0. The number of halogens is 2. The van der Waals surface area contributed by atoms with Crippen LogP contribution in [0.5, 0.6) is 5.75 Å². The zero-order valence-corrected chi connectivity index (χ0v) is 24.5. The molecule has 44 heavy (non-hydrogen) atoms. The number of phenols is 1. The van der Waals surface area contributed by atoms with Gasteiger partial charge < -0.3 is 5.11 Å². The maximum Gasteiger partial charge on any atom is 0.260 e. The lowest BCUT2D eigenvalue weighted by atomic mass is 9.49. The highest BCUT2D eigenvalue weighted by Gasteiger charge is 2.70. The first-order valence-electron chi connectivity index (χ1n) is 14.7. The number of hydrogen-bond acceptors (Lipinski definition) is 6. The predicted octanol–water partition coefficient (Wildman–Crippen LogP) is 5.19. The summed E-state index contributed by atoms with van der Waals surface area (Å²) in [6, 6.07) is 18.8. The Hall–Kier alpha value is -4.50. The zero-order valence-electron chi connectivity index (χ0n) is 23.7. The average molecular weight is 614 g/mol. The number of aromatic hydroxyl groups is 1. The Bertz CT molecular complexity index is 1740. The number of rotatable bonds is 5. The van der Waals surface area contributed by atoms with Gasteiger partial charge in [0.05, 0.1) is 28.9 Å². The van der Waals surface area contributed by atoms with E-state index in [1.807, 2.05) is 12.1 Å². The number of amides is 4. The average Bonchev–Trinajstić information content (AvgIpc) is 3.39. The fourth-order valence-corrected chi connectivity index (χ4v) is 8.24. The van der Waals surface area contributed by atoms with Crippen molar-refractivity contribution in [2.75, 3.05) is 12.0 Å². The Kier molecular flexibility index (Phi) is 6.62. The molecule has 4 aliphatic rings. The first kappa shape index (κ1) is 28.3. The molecular formula is C34H29ClFN3O5. The number of nitrogens with zero attached hydrogens (tertiary/aromatic N) is 2. The summed E-state index contributed by atoms with van der Waals surface area (Å²) in [4.78, 5) is 57.6. The van der Waals surface area contributed by atoms with Crippen LogP contribution in [0.25, 0.3) is 0 Å². The monoisotopic (exact) mass is 613 g/mol. The van der Waals surface area contributed by atoms with Crippen molar-refractivity contribution in [3.63, 3.8) is 0 Å². The lowest BCUT2D eigenvalue weighted by Crippen LogP contribution is -2.53. The third-order valence-corrected chi connectivity index (χ3v) is 10.1. The van der Waals surface area contributed by atoms with Crippen LogP contribution in [0.1, 0.15) is 36.8 Å². The van der Waals surface area contributed by atoms with Gasteiger partial charge in [-0.1, -0.05) is 47.5 Å². The number of anilines is 1. The van der Waals surface area contributed by atoms with Crippen LogP contribution in [-0.4, -0.2) is 45.2 Å². The second-order valence-corrected chi connectivity index (χ2v) is 12.3. The quantitative estimate of drug-likeness (QED) is 0.303. The highest BCUT2D eigenvalue weighted by Crippen LogP contribution is 2.64. The fraction of sp³-hybridized carbons (Fsp3) is 0.294. The molecule has 10 heteroatoms. The van der Waals surface area contributed by atoms with Crippen molar-refractivity contribution >= 4 is 40.9 Å². The molecule has 0 unspecified atom stereocenters. The van der Waals surface area contributed by atoms with Crippen molar-refractivity contribution in [1.29, 1.82) is 0 Å². The smallest absolute Gasteiger partial charge is 0.260 e. The molecule has 2 aliphatic carbocycles. The number of likely N-dealkylation sites (tertiary alicyclic amines) is 1. The lowest BCUT2D eigenvalue weighted by molar-refractivity contribution is -0.141. The Morgan fingerprint density at radius 2 is 1.68 bits per heavy atom. The number of fused-ring (bicyclic) bond motifs is 4. The summed E-state index contributed by atoms with van der Waals surface area (Å²) in [5, 5.41) is 12.1. The van der Waals surface area contributed by atoms with Crippen LogP contribution in [-0.2, 0) is 24.6 Å². The Morgan fingerprint density at radius 1 is 0.955 bits per heavy atom. The van der Waals surface area contributed by atoms with E-state index in [2.05, 4.69) is 5.43 Å². The van der Waals surface area contributed by atoms with E-state index in [0.29, 0.717) is 28.3 Å². The highest BCUT2D eigenvalue weighted by molar-refractivity contribution is 6.30. The van der Waals surface area contributed by atoms with E-state index in [1.54, 1.807) is 43.3 Å². The molecule has 2 heterocycles. The van der Waals surface area contributed by atoms with Gasteiger partial charge in [0.1, 0.15) is 11.6 Å². The summed E-state index contributed by atoms with van der Waals surface area (Å²) in [5.41, 5.74) is 3.75.